The van der Waals surface area contributed by atoms with Crippen molar-refractivity contribution in [3.05, 3.63) is 44.3 Å². The predicted molar refractivity (Wildman–Crippen MR) is 85.7 cm³/mol. The first kappa shape index (κ1) is 16.6. The van der Waals surface area contributed by atoms with Crippen molar-refractivity contribution >= 4 is 37.3 Å². The van der Waals surface area contributed by atoms with Crippen molar-refractivity contribution in [3.8, 4) is 0 Å². The van der Waals surface area contributed by atoms with Gasteiger partial charge in [-0.2, -0.15) is 0 Å². The summed E-state index contributed by atoms with van der Waals surface area (Å²) in [5, 5.41) is 11.7. The van der Waals surface area contributed by atoms with Gasteiger partial charge in [-0.05, 0) is 47.5 Å². The maximum absolute atomic E-state index is 12.5. The first-order valence-corrected chi connectivity index (χ1v) is 9.32. The lowest BCUT2D eigenvalue weighted by atomic mass is 10.2. The summed E-state index contributed by atoms with van der Waals surface area (Å²) in [6.07, 6.45) is 0. The molecule has 1 atom stereocenters. The van der Waals surface area contributed by atoms with Crippen molar-refractivity contribution in [2.24, 2.45) is 0 Å². The van der Waals surface area contributed by atoms with E-state index in [9.17, 15) is 8.42 Å². The molecule has 0 radical (unpaired) electrons. The van der Waals surface area contributed by atoms with E-state index in [2.05, 4.69) is 25.6 Å². The van der Waals surface area contributed by atoms with Crippen LogP contribution in [0.15, 0.2) is 32.9 Å². The van der Waals surface area contributed by atoms with Crippen molar-refractivity contribution in [3.63, 3.8) is 0 Å². The number of hydrogen-bond donors (Lipinski definition) is 2. The van der Waals surface area contributed by atoms with Gasteiger partial charge in [-0.3, -0.25) is 0 Å². The number of sulfonamides is 1. The van der Waals surface area contributed by atoms with Crippen LogP contribution in [0.5, 0.6) is 0 Å². The molecule has 1 aromatic heterocycles. The highest BCUT2D eigenvalue weighted by atomic mass is 79.9. The fourth-order valence-electron chi connectivity index (χ4n) is 1.77. The third-order valence-corrected chi connectivity index (χ3v) is 6.49. The number of aliphatic hydroxyl groups excluding tert-OH is 1. The molecule has 0 aliphatic heterocycles. The largest absolute Gasteiger partial charge is 0.392 e. The van der Waals surface area contributed by atoms with E-state index < -0.39 is 16.1 Å². The molecule has 1 heterocycles. The summed E-state index contributed by atoms with van der Waals surface area (Å²) in [6, 6.07) is 4.31. The van der Waals surface area contributed by atoms with Crippen LogP contribution in [0.25, 0.3) is 0 Å². The van der Waals surface area contributed by atoms with Crippen LogP contribution < -0.4 is 4.72 Å². The fourth-order valence-corrected chi connectivity index (χ4v) is 4.87. The van der Waals surface area contributed by atoms with E-state index in [1.165, 1.54) is 17.4 Å². The molecule has 0 fully saturated rings. The number of aryl methyl sites for hydroxylation is 1. The van der Waals surface area contributed by atoms with Crippen LogP contribution in [0.2, 0.25) is 0 Å². The number of nitrogens with zero attached hydrogens (tertiary/aromatic N) is 1. The Morgan fingerprint density at radius 3 is 2.76 bits per heavy atom. The second-order valence-corrected chi connectivity index (χ2v) is 8.02. The Balaban J connectivity index is 2.30. The summed E-state index contributed by atoms with van der Waals surface area (Å²) in [7, 11) is -3.70. The Hall–Kier alpha value is -0.800. The second-order valence-electron chi connectivity index (χ2n) is 4.59. The third-order valence-electron chi connectivity index (χ3n) is 2.81. The lowest BCUT2D eigenvalue weighted by Crippen LogP contribution is -2.27. The molecular formula is C13H15BrN2O3S2. The highest BCUT2D eigenvalue weighted by Gasteiger charge is 2.22. The highest BCUT2D eigenvalue weighted by molar-refractivity contribution is 9.10. The smallest absolute Gasteiger partial charge is 0.242 e. The van der Waals surface area contributed by atoms with Crippen LogP contribution in [0, 0.1) is 6.92 Å². The average molecular weight is 391 g/mol. The van der Waals surface area contributed by atoms with Crippen molar-refractivity contribution in [1.82, 2.24) is 9.71 Å². The number of aliphatic hydroxyl groups is 1. The molecule has 1 unspecified atom stereocenters. The Morgan fingerprint density at radius 1 is 1.48 bits per heavy atom. The van der Waals surface area contributed by atoms with Crippen molar-refractivity contribution in [2.45, 2.75) is 31.4 Å². The minimum Gasteiger partial charge on any atom is -0.392 e. The molecule has 0 bridgehead atoms. The Kier molecular flexibility index (Phi) is 5.15. The van der Waals surface area contributed by atoms with Gasteiger partial charge in [-0.15, -0.1) is 11.3 Å². The molecule has 8 heteroatoms. The summed E-state index contributed by atoms with van der Waals surface area (Å²) in [4.78, 5) is 4.39. The molecule has 2 aromatic rings. The summed E-state index contributed by atoms with van der Waals surface area (Å²) in [5.41, 5.74) is 1.40. The fraction of sp³-hybridized carbons (Fsp3) is 0.308. The zero-order valence-electron chi connectivity index (χ0n) is 11.5. The molecule has 0 spiro atoms. The van der Waals surface area contributed by atoms with E-state index in [1.807, 2.05) is 12.3 Å². The maximum Gasteiger partial charge on any atom is 0.242 e. The van der Waals surface area contributed by atoms with E-state index >= 15 is 0 Å². The van der Waals surface area contributed by atoms with Gasteiger partial charge in [0.05, 0.1) is 17.5 Å². The zero-order chi connectivity index (χ0) is 15.6. The Morgan fingerprint density at radius 2 is 2.19 bits per heavy atom. The van der Waals surface area contributed by atoms with E-state index in [0.29, 0.717) is 15.0 Å². The normalized spacial score (nSPS) is 13.3. The average Bonchev–Trinajstić information content (AvgIpc) is 2.85. The number of aromatic nitrogens is 1. The SMILES string of the molecule is Cc1csc(C(C)NS(=O)(=O)c2cc(CO)ccc2Br)n1. The summed E-state index contributed by atoms with van der Waals surface area (Å²) in [6.45, 7) is 3.40. The Labute approximate surface area is 136 Å². The molecule has 0 amide bonds. The molecule has 0 aliphatic carbocycles. The monoisotopic (exact) mass is 390 g/mol. The summed E-state index contributed by atoms with van der Waals surface area (Å²) in [5.74, 6) is 0. The zero-order valence-corrected chi connectivity index (χ0v) is 14.7. The van der Waals surface area contributed by atoms with Gasteiger partial charge in [-0.25, -0.2) is 18.1 Å². The van der Waals surface area contributed by atoms with Crippen LogP contribution in [0.4, 0.5) is 0 Å². The van der Waals surface area contributed by atoms with E-state index in [4.69, 9.17) is 5.11 Å². The summed E-state index contributed by atoms with van der Waals surface area (Å²) >= 11 is 4.65. The number of nitrogens with one attached hydrogen (secondary N) is 1. The molecule has 1 aromatic carbocycles. The van der Waals surface area contributed by atoms with Gasteiger partial charge in [0.25, 0.3) is 0 Å². The van der Waals surface area contributed by atoms with Crippen molar-refractivity contribution in [2.75, 3.05) is 0 Å². The molecule has 0 saturated heterocycles. The molecule has 114 valence electrons. The highest BCUT2D eigenvalue weighted by Crippen LogP contribution is 2.26. The number of thiazole rings is 1. The topological polar surface area (TPSA) is 79.3 Å². The van der Waals surface area contributed by atoms with Gasteiger partial charge in [0, 0.05) is 15.5 Å². The van der Waals surface area contributed by atoms with E-state index in [1.54, 1.807) is 19.1 Å². The second kappa shape index (κ2) is 6.53. The van der Waals surface area contributed by atoms with Crippen LogP contribution in [-0.2, 0) is 16.6 Å². The molecule has 2 N–H and O–H groups in total. The molecule has 0 saturated carbocycles. The van der Waals surface area contributed by atoms with E-state index in [0.717, 1.165) is 5.69 Å². The molecule has 21 heavy (non-hydrogen) atoms. The summed E-state index contributed by atoms with van der Waals surface area (Å²) < 4.78 is 28.0. The van der Waals surface area contributed by atoms with Gasteiger partial charge < -0.3 is 5.11 Å². The van der Waals surface area contributed by atoms with Gasteiger partial charge in [0.2, 0.25) is 10.0 Å². The first-order chi connectivity index (χ1) is 9.83. The number of hydrogen-bond acceptors (Lipinski definition) is 5. The lowest BCUT2D eigenvalue weighted by molar-refractivity contribution is 0.281. The molecule has 0 aliphatic rings. The number of halogens is 1. The van der Waals surface area contributed by atoms with Gasteiger partial charge in [0.1, 0.15) is 5.01 Å². The molecule has 2 rings (SSSR count). The number of rotatable bonds is 5. The minimum atomic E-state index is -3.70. The maximum atomic E-state index is 12.5. The first-order valence-electron chi connectivity index (χ1n) is 6.17. The minimum absolute atomic E-state index is 0.106. The standard InChI is InChI=1S/C13H15BrN2O3S2/c1-8-7-20-13(15-8)9(2)16-21(18,19)12-5-10(6-17)3-4-11(12)14/h3-5,7,9,16-17H,6H2,1-2H3. The van der Waals surface area contributed by atoms with Crippen molar-refractivity contribution in [1.29, 1.82) is 0 Å². The molecule has 5 nitrogen and oxygen atoms in total. The van der Waals surface area contributed by atoms with Gasteiger partial charge >= 0.3 is 0 Å². The van der Waals surface area contributed by atoms with Crippen LogP contribution >= 0.6 is 27.3 Å². The molecular weight excluding hydrogens is 376 g/mol. The quantitative estimate of drug-likeness (QED) is 0.822. The van der Waals surface area contributed by atoms with Gasteiger partial charge in [0.15, 0.2) is 0 Å². The van der Waals surface area contributed by atoms with Crippen molar-refractivity contribution < 1.29 is 13.5 Å². The predicted octanol–water partition coefficient (Wildman–Crippen LogP) is 2.75. The van der Waals surface area contributed by atoms with Crippen LogP contribution in [-0.4, -0.2) is 18.5 Å². The number of benzene rings is 1. The van der Waals surface area contributed by atoms with Gasteiger partial charge in [-0.1, -0.05) is 6.07 Å². The van der Waals surface area contributed by atoms with Crippen LogP contribution in [0.1, 0.15) is 29.2 Å². The van der Waals surface area contributed by atoms with E-state index in [-0.39, 0.29) is 11.5 Å². The lowest BCUT2D eigenvalue weighted by Gasteiger charge is -2.13. The third kappa shape index (κ3) is 3.89. The Bertz CT molecular complexity index is 744. The van der Waals surface area contributed by atoms with Crippen LogP contribution in [0.3, 0.4) is 0 Å².